The minimum absolute atomic E-state index is 0.333. The molecule has 0 saturated heterocycles. The van der Waals surface area contributed by atoms with Crippen LogP contribution in [-0.4, -0.2) is 9.67 Å². The Morgan fingerprint density at radius 3 is 1.80 bits per heavy atom. The number of hydrogen-bond donors (Lipinski definition) is 1. The molecule has 0 bridgehead atoms. The van der Waals surface area contributed by atoms with Gasteiger partial charge in [0.25, 0.3) is 0 Å². The molecule has 2 nitrogen and oxygen atoms in total. The van der Waals surface area contributed by atoms with Gasteiger partial charge in [0, 0.05) is 21.8 Å². The Morgan fingerprint density at radius 2 is 1.03 bits per heavy atom. The molecule has 140 valence electrons. The van der Waals surface area contributed by atoms with Crippen molar-refractivity contribution in [1.29, 1.82) is 0 Å². The molecule has 1 N–H and O–H groups in total. The van der Waals surface area contributed by atoms with Gasteiger partial charge in [-0.2, -0.15) is 0 Å². The van der Waals surface area contributed by atoms with Crippen molar-refractivity contribution in [2.45, 2.75) is 0 Å². The number of fused-ring (bicyclic) bond motifs is 5. The Kier molecular flexibility index (Phi) is 2.91. The normalized spacial score (nSPS) is 12.1. The van der Waals surface area contributed by atoms with Gasteiger partial charge in [-0.15, -0.1) is 0 Å². The highest BCUT2D eigenvalue weighted by molar-refractivity contribution is 6.38. The summed E-state index contributed by atoms with van der Waals surface area (Å²) in [6.45, 7) is 0. The molecule has 0 radical (unpaired) electrons. The van der Waals surface area contributed by atoms with E-state index in [0.29, 0.717) is 5.75 Å². The predicted molar refractivity (Wildman–Crippen MR) is 126 cm³/mol. The summed E-state index contributed by atoms with van der Waals surface area (Å²) in [6.07, 6.45) is 0. The maximum Gasteiger partial charge on any atom is 0.124 e. The van der Waals surface area contributed by atoms with Crippen LogP contribution in [0.2, 0.25) is 0 Å². The van der Waals surface area contributed by atoms with E-state index in [9.17, 15) is 5.11 Å². The van der Waals surface area contributed by atoms with Gasteiger partial charge in [0.15, 0.2) is 0 Å². The van der Waals surface area contributed by atoms with Crippen LogP contribution < -0.4 is 0 Å². The van der Waals surface area contributed by atoms with Crippen molar-refractivity contribution in [3.63, 3.8) is 0 Å². The molecular formula is C28H17NO. The molecule has 30 heavy (non-hydrogen) atoms. The molecule has 0 atom stereocenters. The number of hydrogen-bond acceptors (Lipinski definition) is 1. The maximum atomic E-state index is 10.8. The van der Waals surface area contributed by atoms with Crippen molar-refractivity contribution in [2.75, 3.05) is 0 Å². The van der Waals surface area contributed by atoms with Gasteiger partial charge in [-0.3, -0.25) is 0 Å². The number of aromatic nitrogens is 1. The number of phenolic OH excluding ortho intramolecular Hbond substituents is 1. The molecule has 0 unspecified atom stereocenters. The topological polar surface area (TPSA) is 25.2 Å². The van der Waals surface area contributed by atoms with Crippen LogP contribution in [0, 0.1) is 0 Å². The third-order valence-electron chi connectivity index (χ3n) is 6.41. The molecule has 0 spiro atoms. The summed E-state index contributed by atoms with van der Waals surface area (Å²) in [5.41, 5.74) is 3.56. The monoisotopic (exact) mass is 383 g/mol. The molecule has 0 aliphatic carbocycles. The van der Waals surface area contributed by atoms with E-state index in [-0.39, 0.29) is 0 Å². The fourth-order valence-corrected chi connectivity index (χ4v) is 5.25. The number of nitrogens with zero attached hydrogens (tertiary/aromatic N) is 1. The van der Waals surface area contributed by atoms with Crippen LogP contribution in [0.4, 0.5) is 0 Å². The molecule has 0 aliphatic rings. The summed E-state index contributed by atoms with van der Waals surface area (Å²) >= 11 is 0. The molecule has 7 rings (SSSR count). The molecule has 6 aromatic carbocycles. The first-order valence-corrected chi connectivity index (χ1v) is 10.2. The highest BCUT2D eigenvalue weighted by Crippen LogP contribution is 2.46. The van der Waals surface area contributed by atoms with Gasteiger partial charge in [0.1, 0.15) is 5.75 Å². The summed E-state index contributed by atoms with van der Waals surface area (Å²) < 4.78 is 2.35. The second kappa shape index (κ2) is 5.52. The van der Waals surface area contributed by atoms with E-state index in [1.807, 2.05) is 24.3 Å². The average molecular weight is 383 g/mol. The van der Waals surface area contributed by atoms with E-state index < -0.39 is 0 Å². The van der Waals surface area contributed by atoms with Crippen molar-refractivity contribution in [3.8, 4) is 11.4 Å². The fraction of sp³-hybridized carbons (Fsp3) is 0. The lowest BCUT2D eigenvalue weighted by molar-refractivity contribution is 0.482. The predicted octanol–water partition coefficient (Wildman–Crippen LogP) is 7.39. The standard InChI is InChI=1S/C28H17NO/c30-25-16-22-20-12-6-14-23-27(20)28-21(26(22)19-11-5-4-10-18(19)25)13-7-15-24(28)29(23)17-8-2-1-3-9-17/h1-16,30H. The van der Waals surface area contributed by atoms with Crippen LogP contribution >= 0.6 is 0 Å². The molecular weight excluding hydrogens is 366 g/mol. The maximum absolute atomic E-state index is 10.8. The van der Waals surface area contributed by atoms with Crippen LogP contribution in [0.25, 0.3) is 59.8 Å². The molecule has 0 saturated carbocycles. The van der Waals surface area contributed by atoms with Crippen molar-refractivity contribution >= 4 is 54.1 Å². The summed E-state index contributed by atoms with van der Waals surface area (Å²) in [7, 11) is 0. The van der Waals surface area contributed by atoms with Gasteiger partial charge >= 0.3 is 0 Å². The van der Waals surface area contributed by atoms with Gasteiger partial charge in [0.05, 0.1) is 11.0 Å². The third kappa shape index (κ3) is 1.84. The van der Waals surface area contributed by atoms with Crippen LogP contribution in [0.1, 0.15) is 0 Å². The summed E-state index contributed by atoms with van der Waals surface area (Å²) in [5.74, 6) is 0.333. The molecule has 0 aliphatic heterocycles. The van der Waals surface area contributed by atoms with Gasteiger partial charge in [-0.25, -0.2) is 0 Å². The molecule has 7 aromatic rings. The average Bonchev–Trinajstić information content (AvgIpc) is 3.14. The molecule has 1 aromatic heterocycles. The number of para-hydroxylation sites is 1. The first-order chi connectivity index (χ1) is 14.8. The lowest BCUT2D eigenvalue weighted by Crippen LogP contribution is -1.92. The summed E-state index contributed by atoms with van der Waals surface area (Å²) in [6, 6.07) is 33.7. The second-order valence-corrected chi connectivity index (χ2v) is 7.93. The number of rotatable bonds is 1. The van der Waals surface area contributed by atoms with Gasteiger partial charge in [0.2, 0.25) is 0 Å². The number of phenols is 1. The largest absolute Gasteiger partial charge is 0.507 e. The van der Waals surface area contributed by atoms with E-state index >= 15 is 0 Å². The van der Waals surface area contributed by atoms with E-state index in [2.05, 4.69) is 77.4 Å². The Hall–Kier alpha value is -4.04. The lowest BCUT2D eigenvalue weighted by atomic mass is 9.91. The fourth-order valence-electron chi connectivity index (χ4n) is 5.25. The lowest BCUT2D eigenvalue weighted by Gasteiger charge is -2.12. The smallest absolute Gasteiger partial charge is 0.124 e. The van der Waals surface area contributed by atoms with E-state index in [0.717, 1.165) is 21.8 Å². The first-order valence-electron chi connectivity index (χ1n) is 10.2. The third-order valence-corrected chi connectivity index (χ3v) is 6.41. The highest BCUT2D eigenvalue weighted by atomic mass is 16.3. The number of aromatic hydroxyl groups is 1. The van der Waals surface area contributed by atoms with Crippen molar-refractivity contribution in [3.05, 3.63) is 97.1 Å². The van der Waals surface area contributed by atoms with Crippen molar-refractivity contribution < 1.29 is 5.11 Å². The Morgan fingerprint density at radius 1 is 0.467 bits per heavy atom. The van der Waals surface area contributed by atoms with Crippen molar-refractivity contribution in [2.24, 2.45) is 0 Å². The Labute approximate surface area is 172 Å². The Balaban J connectivity index is 1.85. The number of benzene rings is 6. The second-order valence-electron chi connectivity index (χ2n) is 7.93. The van der Waals surface area contributed by atoms with Gasteiger partial charge in [-0.1, -0.05) is 66.7 Å². The van der Waals surface area contributed by atoms with Crippen molar-refractivity contribution in [1.82, 2.24) is 4.57 Å². The minimum atomic E-state index is 0.333. The van der Waals surface area contributed by atoms with Crippen LogP contribution in [-0.2, 0) is 0 Å². The molecule has 0 fully saturated rings. The van der Waals surface area contributed by atoms with E-state index in [1.165, 1.54) is 38.0 Å². The zero-order valence-corrected chi connectivity index (χ0v) is 16.1. The molecule has 1 heterocycles. The van der Waals surface area contributed by atoms with Gasteiger partial charge in [-0.05, 0) is 57.3 Å². The zero-order chi connectivity index (χ0) is 19.8. The SMILES string of the molecule is Oc1cc2c3cccc4c3c3c(cccc3n4-c3ccccc3)c2c2ccccc12. The quantitative estimate of drug-likeness (QED) is 0.294. The van der Waals surface area contributed by atoms with Gasteiger partial charge < -0.3 is 9.67 Å². The Bertz CT molecular complexity index is 1740. The van der Waals surface area contributed by atoms with E-state index in [1.54, 1.807) is 0 Å². The minimum Gasteiger partial charge on any atom is -0.507 e. The molecule has 2 heteroatoms. The molecule has 0 amide bonds. The zero-order valence-electron chi connectivity index (χ0n) is 16.1. The van der Waals surface area contributed by atoms with Crippen LogP contribution in [0.5, 0.6) is 5.75 Å². The van der Waals surface area contributed by atoms with Crippen LogP contribution in [0.3, 0.4) is 0 Å². The van der Waals surface area contributed by atoms with Crippen LogP contribution in [0.15, 0.2) is 97.1 Å². The summed E-state index contributed by atoms with van der Waals surface area (Å²) in [5, 5.41) is 20.1. The summed E-state index contributed by atoms with van der Waals surface area (Å²) in [4.78, 5) is 0. The first kappa shape index (κ1) is 15.8. The highest BCUT2D eigenvalue weighted by Gasteiger charge is 2.20. The van der Waals surface area contributed by atoms with E-state index in [4.69, 9.17) is 0 Å².